The number of anilines is 2. The first kappa shape index (κ1) is 24.1. The lowest BCUT2D eigenvalue weighted by atomic mass is 10.1. The Morgan fingerprint density at radius 2 is 1.79 bits per heavy atom. The van der Waals surface area contributed by atoms with Crippen LogP contribution in [0.5, 0.6) is 0 Å². The molecule has 3 aromatic rings. The van der Waals surface area contributed by atoms with Gasteiger partial charge in [-0.25, -0.2) is 0 Å². The molecular formula is C27H33N3O3. The zero-order valence-corrected chi connectivity index (χ0v) is 20.1. The molecule has 0 saturated heterocycles. The zero-order valence-electron chi connectivity index (χ0n) is 20.1. The van der Waals surface area contributed by atoms with E-state index in [2.05, 4.69) is 5.32 Å². The third-order valence-corrected chi connectivity index (χ3v) is 5.28. The summed E-state index contributed by atoms with van der Waals surface area (Å²) in [5, 5.41) is 2.99. The first-order valence-corrected chi connectivity index (χ1v) is 11.2. The lowest BCUT2D eigenvalue weighted by Gasteiger charge is -2.26. The van der Waals surface area contributed by atoms with Gasteiger partial charge in [0.05, 0.1) is 12.8 Å². The van der Waals surface area contributed by atoms with Crippen molar-refractivity contribution in [1.82, 2.24) is 4.90 Å². The molecule has 2 amide bonds. The largest absolute Gasteiger partial charge is 0.467 e. The first-order chi connectivity index (χ1) is 15.7. The minimum absolute atomic E-state index is 0.0168. The fourth-order valence-corrected chi connectivity index (χ4v) is 3.77. The molecule has 6 heteroatoms. The van der Waals surface area contributed by atoms with E-state index in [1.165, 1.54) is 0 Å². The van der Waals surface area contributed by atoms with Crippen molar-refractivity contribution >= 4 is 23.2 Å². The van der Waals surface area contributed by atoms with Crippen molar-refractivity contribution in [2.75, 3.05) is 24.3 Å². The van der Waals surface area contributed by atoms with Gasteiger partial charge in [0.25, 0.3) is 5.91 Å². The van der Waals surface area contributed by atoms with Gasteiger partial charge in [0.1, 0.15) is 5.76 Å². The zero-order chi connectivity index (χ0) is 24.0. The first-order valence-electron chi connectivity index (χ1n) is 11.2. The second-order valence-corrected chi connectivity index (χ2v) is 8.99. The van der Waals surface area contributed by atoms with Crippen LogP contribution in [-0.2, 0) is 17.9 Å². The molecule has 0 atom stereocenters. The van der Waals surface area contributed by atoms with Crippen LogP contribution in [0.1, 0.15) is 47.5 Å². The van der Waals surface area contributed by atoms with Crippen LogP contribution in [0.2, 0.25) is 0 Å². The van der Waals surface area contributed by atoms with Crippen molar-refractivity contribution in [1.29, 1.82) is 0 Å². The fraction of sp³-hybridized carbons (Fsp3) is 0.333. The summed E-state index contributed by atoms with van der Waals surface area (Å²) in [6.07, 6.45) is 2.07. The molecule has 0 saturated carbocycles. The minimum Gasteiger partial charge on any atom is -0.467 e. The lowest BCUT2D eigenvalue weighted by Crippen LogP contribution is -2.31. The van der Waals surface area contributed by atoms with Crippen LogP contribution >= 0.6 is 0 Å². The molecule has 1 N–H and O–H groups in total. The van der Waals surface area contributed by atoms with Gasteiger partial charge >= 0.3 is 0 Å². The highest BCUT2D eigenvalue weighted by Gasteiger charge is 2.20. The SMILES string of the molecule is Cc1cccc(C(=O)N(Cc2ccco2)Cc2cc(NC(=O)CC(C)C)ccc2N(C)C)c1. The van der Waals surface area contributed by atoms with E-state index in [1.807, 2.05) is 94.4 Å². The molecule has 6 nitrogen and oxygen atoms in total. The Hall–Kier alpha value is -3.54. The number of hydrogen-bond donors (Lipinski definition) is 1. The second-order valence-electron chi connectivity index (χ2n) is 8.99. The Kier molecular flexibility index (Phi) is 7.93. The molecule has 0 unspecified atom stereocenters. The third-order valence-electron chi connectivity index (χ3n) is 5.28. The summed E-state index contributed by atoms with van der Waals surface area (Å²) in [5.41, 5.74) is 4.31. The molecule has 0 aliphatic heterocycles. The van der Waals surface area contributed by atoms with Crippen molar-refractivity contribution in [2.24, 2.45) is 5.92 Å². The van der Waals surface area contributed by atoms with E-state index in [9.17, 15) is 9.59 Å². The molecule has 1 aromatic heterocycles. The lowest BCUT2D eigenvalue weighted by molar-refractivity contribution is -0.116. The maximum absolute atomic E-state index is 13.5. The molecule has 33 heavy (non-hydrogen) atoms. The van der Waals surface area contributed by atoms with Gasteiger partial charge in [0.15, 0.2) is 0 Å². The molecular weight excluding hydrogens is 414 g/mol. The standard InChI is InChI=1S/C27H33N3O3/c1-19(2)14-26(31)28-23-11-12-25(29(4)5)22(16-23)17-30(18-24-10-7-13-33-24)27(32)21-9-6-8-20(3)15-21/h6-13,15-16,19H,14,17-18H2,1-5H3,(H,28,31). The highest BCUT2D eigenvalue weighted by Crippen LogP contribution is 2.26. The molecule has 0 bridgehead atoms. The number of aryl methyl sites for hydroxylation is 1. The number of nitrogens with one attached hydrogen (secondary N) is 1. The van der Waals surface area contributed by atoms with Crippen LogP contribution in [0, 0.1) is 12.8 Å². The molecule has 1 heterocycles. The maximum atomic E-state index is 13.5. The van der Waals surface area contributed by atoms with E-state index in [0.29, 0.717) is 30.8 Å². The van der Waals surface area contributed by atoms with Gasteiger partial charge < -0.3 is 19.5 Å². The van der Waals surface area contributed by atoms with E-state index in [1.54, 1.807) is 11.2 Å². The number of nitrogens with zero attached hydrogens (tertiary/aromatic N) is 2. The number of hydrogen-bond acceptors (Lipinski definition) is 4. The van der Waals surface area contributed by atoms with Crippen LogP contribution in [0.4, 0.5) is 11.4 Å². The molecule has 0 aliphatic rings. The van der Waals surface area contributed by atoms with Gasteiger partial charge in [-0.1, -0.05) is 31.5 Å². The van der Waals surface area contributed by atoms with Gasteiger partial charge in [-0.05, 0) is 60.9 Å². The van der Waals surface area contributed by atoms with E-state index < -0.39 is 0 Å². The molecule has 174 valence electrons. The Labute approximate surface area is 196 Å². The number of benzene rings is 2. The summed E-state index contributed by atoms with van der Waals surface area (Å²) in [5.74, 6) is 0.899. The summed E-state index contributed by atoms with van der Waals surface area (Å²) in [6.45, 7) is 6.72. The van der Waals surface area contributed by atoms with Gasteiger partial charge in [0, 0.05) is 44.0 Å². The van der Waals surface area contributed by atoms with E-state index >= 15 is 0 Å². The van der Waals surface area contributed by atoms with Crippen molar-refractivity contribution in [2.45, 2.75) is 40.3 Å². The van der Waals surface area contributed by atoms with Crippen LogP contribution in [0.25, 0.3) is 0 Å². The maximum Gasteiger partial charge on any atom is 0.254 e. The molecule has 0 radical (unpaired) electrons. The van der Waals surface area contributed by atoms with Crippen molar-refractivity contribution in [3.05, 3.63) is 83.3 Å². The summed E-state index contributed by atoms with van der Waals surface area (Å²) in [7, 11) is 3.93. The highest BCUT2D eigenvalue weighted by molar-refractivity contribution is 5.94. The van der Waals surface area contributed by atoms with E-state index in [-0.39, 0.29) is 17.7 Å². The Bertz CT molecular complexity index is 1090. The number of carbonyl (C=O) groups excluding carboxylic acids is 2. The average molecular weight is 448 g/mol. The van der Waals surface area contributed by atoms with E-state index in [0.717, 1.165) is 22.5 Å². The van der Waals surface area contributed by atoms with Gasteiger partial charge in [-0.3, -0.25) is 9.59 Å². The van der Waals surface area contributed by atoms with Crippen LogP contribution in [0.15, 0.2) is 65.3 Å². The Balaban J connectivity index is 1.93. The smallest absolute Gasteiger partial charge is 0.254 e. The normalized spacial score (nSPS) is 10.8. The molecule has 0 spiro atoms. The summed E-state index contributed by atoms with van der Waals surface area (Å²) in [6, 6.07) is 17.1. The van der Waals surface area contributed by atoms with Crippen LogP contribution in [-0.4, -0.2) is 30.8 Å². The molecule has 0 aliphatic carbocycles. The summed E-state index contributed by atoms with van der Waals surface area (Å²) in [4.78, 5) is 29.6. The topological polar surface area (TPSA) is 65.8 Å². The number of carbonyl (C=O) groups is 2. The summed E-state index contributed by atoms with van der Waals surface area (Å²) < 4.78 is 5.54. The summed E-state index contributed by atoms with van der Waals surface area (Å²) >= 11 is 0. The van der Waals surface area contributed by atoms with Gasteiger partial charge in [-0.2, -0.15) is 0 Å². The molecule has 3 rings (SSSR count). The van der Waals surface area contributed by atoms with Crippen molar-refractivity contribution in [3.63, 3.8) is 0 Å². The van der Waals surface area contributed by atoms with E-state index in [4.69, 9.17) is 4.42 Å². The minimum atomic E-state index is -0.0750. The quantitative estimate of drug-likeness (QED) is 0.472. The Morgan fingerprint density at radius 3 is 2.42 bits per heavy atom. The second kappa shape index (κ2) is 10.9. The molecule has 2 aromatic carbocycles. The number of furan rings is 1. The predicted octanol–water partition coefficient (Wildman–Crippen LogP) is 5.48. The van der Waals surface area contributed by atoms with Gasteiger partial charge in [-0.15, -0.1) is 0 Å². The molecule has 0 fully saturated rings. The fourth-order valence-electron chi connectivity index (χ4n) is 3.77. The van der Waals surface area contributed by atoms with Gasteiger partial charge in [0.2, 0.25) is 5.91 Å². The predicted molar refractivity (Wildman–Crippen MR) is 132 cm³/mol. The van der Waals surface area contributed by atoms with Crippen LogP contribution in [0.3, 0.4) is 0 Å². The monoisotopic (exact) mass is 447 g/mol. The number of amides is 2. The van der Waals surface area contributed by atoms with Crippen molar-refractivity contribution in [3.8, 4) is 0 Å². The third kappa shape index (κ3) is 6.72. The number of rotatable bonds is 9. The average Bonchev–Trinajstić information content (AvgIpc) is 3.25. The Morgan fingerprint density at radius 1 is 1.00 bits per heavy atom. The van der Waals surface area contributed by atoms with Crippen LogP contribution < -0.4 is 10.2 Å². The van der Waals surface area contributed by atoms with Crippen molar-refractivity contribution < 1.29 is 14.0 Å². The highest BCUT2D eigenvalue weighted by atomic mass is 16.3.